The summed E-state index contributed by atoms with van der Waals surface area (Å²) in [4.78, 5) is 81.7. The minimum atomic E-state index is -5.47. The zero-order valence-electron chi connectivity index (χ0n) is 41.3. The molecule has 1 aliphatic heterocycles. The van der Waals surface area contributed by atoms with E-state index < -0.39 is 64.6 Å². The quantitative estimate of drug-likeness (QED) is 0.0619. The fourth-order valence-corrected chi connectivity index (χ4v) is 8.40. The van der Waals surface area contributed by atoms with Crippen molar-refractivity contribution in [3.8, 4) is 22.5 Å². The molecule has 1 aromatic heterocycles. The van der Waals surface area contributed by atoms with E-state index in [0.717, 1.165) is 16.7 Å². The molecule has 4 aromatic rings. The van der Waals surface area contributed by atoms with Crippen LogP contribution in [0.15, 0.2) is 66.7 Å². The van der Waals surface area contributed by atoms with E-state index in [1.165, 1.54) is 24.3 Å². The summed E-state index contributed by atoms with van der Waals surface area (Å²) in [6, 6.07) is 17.1. The van der Waals surface area contributed by atoms with E-state index in [4.69, 9.17) is 14.6 Å². The number of carboxylic acids is 1. The zero-order valence-corrected chi connectivity index (χ0v) is 41.3. The van der Waals surface area contributed by atoms with Crippen molar-refractivity contribution >= 4 is 41.6 Å². The van der Waals surface area contributed by atoms with Crippen LogP contribution in [0.5, 0.6) is 0 Å². The number of H-pyrrole nitrogens is 1. The van der Waals surface area contributed by atoms with Crippen LogP contribution in [0.3, 0.4) is 0 Å². The van der Waals surface area contributed by atoms with Crippen LogP contribution in [0.2, 0.25) is 0 Å². The van der Waals surface area contributed by atoms with Gasteiger partial charge in [0.25, 0.3) is 5.91 Å². The Morgan fingerprint density at radius 1 is 0.806 bits per heavy atom. The number of carboxylic acid groups (broad SMARTS) is 1. The van der Waals surface area contributed by atoms with Gasteiger partial charge in [0.15, 0.2) is 5.82 Å². The number of aromatic nitrogens is 3. The number of piperidine rings is 1. The molecule has 3 aromatic carbocycles. The molecular weight excluding hydrogens is 945 g/mol. The van der Waals surface area contributed by atoms with Gasteiger partial charge in [0.2, 0.25) is 17.6 Å². The molecule has 72 heavy (non-hydrogen) atoms. The molecular formula is C51H62F4N8O9. The zero-order chi connectivity index (χ0) is 52.8. The Morgan fingerprint density at radius 2 is 1.42 bits per heavy atom. The number of carbonyl (C=O) groups is 6. The first kappa shape index (κ1) is 54.3. The van der Waals surface area contributed by atoms with Crippen molar-refractivity contribution in [2.75, 3.05) is 25.0 Å². The molecule has 2 fully saturated rings. The fraction of sp³-hybridized carbons (Fsp3) is 0.490. The van der Waals surface area contributed by atoms with Gasteiger partial charge in [0.1, 0.15) is 17.2 Å². The summed E-state index contributed by atoms with van der Waals surface area (Å²) in [7, 11) is 0. The van der Waals surface area contributed by atoms with Gasteiger partial charge < -0.3 is 40.7 Å². The molecule has 1 saturated carbocycles. The lowest BCUT2D eigenvalue weighted by Crippen LogP contribution is -2.48. The molecule has 0 radical (unpaired) electrons. The van der Waals surface area contributed by atoms with Crippen LogP contribution in [-0.4, -0.2) is 110 Å². The molecule has 1 saturated heterocycles. The number of carbonyl (C=O) groups excluding carboxylic acids is 5. The third kappa shape index (κ3) is 14.1. The Kier molecular flexibility index (Phi) is 16.7. The fourth-order valence-electron chi connectivity index (χ4n) is 8.40. The van der Waals surface area contributed by atoms with Crippen LogP contribution in [-0.2, 0) is 36.2 Å². The Morgan fingerprint density at radius 3 is 2.00 bits per heavy atom. The van der Waals surface area contributed by atoms with Crippen LogP contribution >= 0.6 is 0 Å². The normalized spacial score (nSPS) is 17.3. The van der Waals surface area contributed by atoms with E-state index >= 15 is 0 Å². The molecule has 2 aliphatic rings. The standard InChI is InChI=1S/C51H62F4N8O9/c1-29-26-35(42(65)57-37-22-24-63(25-23-37)47(70)72-49(5,6)7)18-21-38(29)32-12-8-30(9-13-32)27-39(59-41(64)34-14-10-31(11-15-34)28-56-46(69)71-48(2,3)4)43(66)58-36-19-16-33(17-20-36)40-60-44(62-61-40)50(52,53)51(54,55)45(67)68/h8-9,12-13,16-21,26,31,34,37,39H,10-11,14-15,22-25,27-28H2,1-7H3,(H,56,69)(H,57,65)(H,58,66)(H,59,64)(H,67,68)(H,60,61,62). The van der Waals surface area contributed by atoms with Crippen molar-refractivity contribution in [3.63, 3.8) is 0 Å². The van der Waals surface area contributed by atoms with Gasteiger partial charge in [-0.3, -0.25) is 19.5 Å². The molecule has 1 aliphatic carbocycles. The monoisotopic (exact) mass is 1010 g/mol. The number of anilines is 1. The third-order valence-corrected chi connectivity index (χ3v) is 12.3. The maximum absolute atomic E-state index is 14.4. The molecule has 1 unspecified atom stereocenters. The third-order valence-electron chi connectivity index (χ3n) is 12.3. The highest BCUT2D eigenvalue weighted by atomic mass is 19.3. The van der Waals surface area contributed by atoms with Crippen molar-refractivity contribution in [1.82, 2.24) is 36.0 Å². The number of alkyl carbamates (subject to hydrolysis) is 1. The minimum absolute atomic E-state index is 0.0777. The lowest BCUT2D eigenvalue weighted by atomic mass is 9.81. The topological polar surface area (TPSA) is 234 Å². The Hall–Kier alpha value is -7.06. The number of likely N-dealkylation sites (tertiary alicyclic amines) is 1. The summed E-state index contributed by atoms with van der Waals surface area (Å²) in [6.45, 7) is 14.0. The van der Waals surface area contributed by atoms with Crippen LogP contribution in [0.4, 0.5) is 32.8 Å². The average molecular weight is 1010 g/mol. The molecule has 6 N–H and O–H groups in total. The van der Waals surface area contributed by atoms with Gasteiger partial charge in [-0.25, -0.2) is 19.4 Å². The molecule has 0 bridgehead atoms. The van der Waals surface area contributed by atoms with Crippen molar-refractivity contribution < 1.29 is 60.9 Å². The number of benzene rings is 3. The maximum atomic E-state index is 14.4. The number of hydrogen-bond donors (Lipinski definition) is 6. The predicted molar refractivity (Wildman–Crippen MR) is 257 cm³/mol. The first-order chi connectivity index (χ1) is 33.7. The highest BCUT2D eigenvalue weighted by Crippen LogP contribution is 2.42. The van der Waals surface area contributed by atoms with E-state index in [1.807, 2.05) is 64.1 Å². The number of rotatable bonds is 15. The maximum Gasteiger partial charge on any atom is 0.411 e. The van der Waals surface area contributed by atoms with Crippen LogP contribution in [0.1, 0.15) is 107 Å². The summed E-state index contributed by atoms with van der Waals surface area (Å²) >= 11 is 0. The van der Waals surface area contributed by atoms with E-state index in [2.05, 4.69) is 31.3 Å². The first-order valence-electron chi connectivity index (χ1n) is 23.8. The van der Waals surface area contributed by atoms with Gasteiger partial charge in [0, 0.05) is 54.8 Å². The molecule has 17 nitrogen and oxygen atoms in total. The summed E-state index contributed by atoms with van der Waals surface area (Å²) in [5.41, 5.74) is 2.84. The van der Waals surface area contributed by atoms with Gasteiger partial charge in [0.05, 0.1) is 0 Å². The number of nitrogens with zero attached hydrogens (tertiary/aromatic N) is 3. The summed E-state index contributed by atoms with van der Waals surface area (Å²) < 4.78 is 67.1. The number of nitrogens with one attached hydrogen (secondary N) is 5. The molecule has 6 rings (SSSR count). The van der Waals surface area contributed by atoms with Gasteiger partial charge in [-0.05, 0) is 152 Å². The van der Waals surface area contributed by atoms with Crippen molar-refractivity contribution in [2.45, 2.75) is 129 Å². The molecule has 2 heterocycles. The second kappa shape index (κ2) is 22.1. The molecule has 21 heteroatoms. The van der Waals surface area contributed by atoms with Crippen LogP contribution < -0.4 is 21.3 Å². The van der Waals surface area contributed by atoms with Crippen molar-refractivity contribution in [1.29, 1.82) is 0 Å². The largest absolute Gasteiger partial charge is 0.477 e. The predicted octanol–water partition coefficient (Wildman–Crippen LogP) is 8.39. The molecule has 5 amide bonds. The van der Waals surface area contributed by atoms with Crippen LogP contribution in [0.25, 0.3) is 22.5 Å². The smallest absolute Gasteiger partial charge is 0.411 e. The van der Waals surface area contributed by atoms with E-state index in [-0.39, 0.29) is 47.5 Å². The number of ether oxygens (including phenoxy) is 2. The highest BCUT2D eigenvalue weighted by molar-refractivity contribution is 5.98. The van der Waals surface area contributed by atoms with E-state index in [9.17, 15) is 46.3 Å². The lowest BCUT2D eigenvalue weighted by molar-refractivity contribution is -0.231. The summed E-state index contributed by atoms with van der Waals surface area (Å²) in [5, 5.41) is 25.5. The number of alkyl halides is 4. The van der Waals surface area contributed by atoms with Gasteiger partial charge >= 0.3 is 30.0 Å². The summed E-state index contributed by atoms with van der Waals surface area (Å²) in [6.07, 6.45) is 2.75. The van der Waals surface area contributed by atoms with Gasteiger partial charge in [-0.1, -0.05) is 30.3 Å². The first-order valence-corrected chi connectivity index (χ1v) is 23.8. The highest BCUT2D eigenvalue weighted by Gasteiger charge is 2.65. The number of amides is 5. The van der Waals surface area contributed by atoms with E-state index in [0.29, 0.717) is 69.3 Å². The van der Waals surface area contributed by atoms with E-state index in [1.54, 1.807) is 36.8 Å². The SMILES string of the molecule is Cc1cc(C(=O)NC2CCN(C(=O)OC(C)(C)C)CC2)ccc1-c1ccc(CC(NC(=O)C2CCC(CNC(=O)OC(C)(C)C)CC2)C(=O)Nc2ccc(-c3n[nH]c(C(F)(F)C(F)(F)C(=O)O)n3)cc2)cc1. The minimum Gasteiger partial charge on any atom is -0.477 e. The molecule has 1 atom stereocenters. The Bertz CT molecular complexity index is 2600. The lowest BCUT2D eigenvalue weighted by Gasteiger charge is -2.33. The summed E-state index contributed by atoms with van der Waals surface area (Å²) in [5.74, 6) is -17.2. The van der Waals surface area contributed by atoms with Crippen LogP contribution in [0, 0.1) is 18.8 Å². The number of aliphatic carboxylic acids is 1. The van der Waals surface area contributed by atoms with Gasteiger partial charge in [-0.15, -0.1) is 0 Å². The van der Waals surface area contributed by atoms with Crippen molar-refractivity contribution in [2.24, 2.45) is 11.8 Å². The second-order valence-corrected chi connectivity index (χ2v) is 20.3. The Balaban J connectivity index is 1.11. The van der Waals surface area contributed by atoms with Gasteiger partial charge in [-0.2, -0.15) is 22.7 Å². The number of aromatic amines is 1. The van der Waals surface area contributed by atoms with Crippen molar-refractivity contribution in [3.05, 3.63) is 89.2 Å². The molecule has 0 spiro atoms. The number of halogens is 4. The Labute approximate surface area is 414 Å². The average Bonchev–Trinajstić information content (AvgIpc) is 3.82. The molecule has 388 valence electrons. The number of aryl methyl sites for hydroxylation is 1. The second-order valence-electron chi connectivity index (χ2n) is 20.3. The number of hydrogen-bond acceptors (Lipinski definition) is 10.